The zero-order valence-electron chi connectivity index (χ0n) is 8.73. The van der Waals surface area contributed by atoms with E-state index in [0.29, 0.717) is 5.57 Å². The number of carbonyl (C=O) groups is 2. The van der Waals surface area contributed by atoms with Crippen LogP contribution in [0.2, 0.25) is 0 Å². The third-order valence-corrected chi connectivity index (χ3v) is 1.83. The summed E-state index contributed by atoms with van der Waals surface area (Å²) in [5, 5.41) is 0. The summed E-state index contributed by atoms with van der Waals surface area (Å²) in [6.45, 7) is 3.43. The fourth-order valence-corrected chi connectivity index (χ4v) is 0.919. The SMILES string of the molecule is CC1=CN=CC(C)C(=O)OCCOC1=O. The van der Waals surface area contributed by atoms with Gasteiger partial charge >= 0.3 is 11.9 Å². The Morgan fingerprint density at radius 1 is 1.33 bits per heavy atom. The molecule has 1 unspecified atom stereocenters. The molecular formula is C10H13NO4. The van der Waals surface area contributed by atoms with Crippen LogP contribution in [0.3, 0.4) is 0 Å². The predicted molar refractivity (Wildman–Crippen MR) is 53.3 cm³/mol. The molecule has 82 valence electrons. The monoisotopic (exact) mass is 211 g/mol. The summed E-state index contributed by atoms with van der Waals surface area (Å²) in [5.41, 5.74) is 0.396. The van der Waals surface area contributed by atoms with Crippen LogP contribution in [0.4, 0.5) is 0 Å². The zero-order valence-corrected chi connectivity index (χ0v) is 8.73. The molecule has 0 amide bonds. The molecule has 0 saturated carbocycles. The highest BCUT2D eigenvalue weighted by atomic mass is 16.6. The van der Waals surface area contributed by atoms with E-state index in [1.165, 1.54) is 12.4 Å². The lowest BCUT2D eigenvalue weighted by Crippen LogP contribution is -2.19. The number of carbonyl (C=O) groups excluding carboxylic acids is 2. The first-order chi connectivity index (χ1) is 7.11. The Balaban J connectivity index is 2.76. The topological polar surface area (TPSA) is 65.0 Å². The third kappa shape index (κ3) is 3.53. The number of aliphatic imine (C=N–C) groups is 1. The molecule has 15 heavy (non-hydrogen) atoms. The van der Waals surface area contributed by atoms with Gasteiger partial charge in [-0.1, -0.05) is 0 Å². The number of nitrogens with zero attached hydrogens (tertiary/aromatic N) is 1. The van der Waals surface area contributed by atoms with Crippen LogP contribution in [0.1, 0.15) is 13.8 Å². The van der Waals surface area contributed by atoms with Gasteiger partial charge in [0.1, 0.15) is 13.2 Å². The second-order valence-corrected chi connectivity index (χ2v) is 3.20. The molecule has 1 heterocycles. The summed E-state index contributed by atoms with van der Waals surface area (Å²) in [6.07, 6.45) is 2.81. The molecule has 0 aromatic heterocycles. The molecule has 1 atom stereocenters. The predicted octanol–water partition coefficient (Wildman–Crippen LogP) is 0.697. The molecule has 0 bridgehead atoms. The Hall–Kier alpha value is -1.65. The lowest BCUT2D eigenvalue weighted by molar-refractivity contribution is -0.151. The van der Waals surface area contributed by atoms with Crippen molar-refractivity contribution in [3.8, 4) is 0 Å². The van der Waals surface area contributed by atoms with Crippen molar-refractivity contribution in [2.45, 2.75) is 13.8 Å². The molecule has 0 aliphatic carbocycles. The maximum Gasteiger partial charge on any atom is 0.335 e. The summed E-state index contributed by atoms with van der Waals surface area (Å²) in [4.78, 5) is 26.3. The van der Waals surface area contributed by atoms with Crippen molar-refractivity contribution in [2.75, 3.05) is 13.2 Å². The van der Waals surface area contributed by atoms with E-state index >= 15 is 0 Å². The van der Waals surface area contributed by atoms with Crippen LogP contribution in [0, 0.1) is 5.92 Å². The van der Waals surface area contributed by atoms with Gasteiger partial charge in [0.25, 0.3) is 0 Å². The maximum absolute atomic E-state index is 11.2. The molecular weight excluding hydrogens is 198 g/mol. The van der Waals surface area contributed by atoms with Gasteiger partial charge in [0.2, 0.25) is 0 Å². The van der Waals surface area contributed by atoms with Crippen molar-refractivity contribution in [2.24, 2.45) is 10.9 Å². The highest BCUT2D eigenvalue weighted by Gasteiger charge is 2.13. The molecule has 1 aliphatic heterocycles. The fourth-order valence-electron chi connectivity index (χ4n) is 0.919. The minimum absolute atomic E-state index is 0.0719. The van der Waals surface area contributed by atoms with Crippen LogP contribution in [-0.2, 0) is 19.1 Å². The highest BCUT2D eigenvalue weighted by Crippen LogP contribution is 2.01. The first-order valence-corrected chi connectivity index (χ1v) is 4.65. The number of rotatable bonds is 0. The van der Waals surface area contributed by atoms with E-state index in [2.05, 4.69) is 4.99 Å². The second kappa shape index (κ2) is 5.29. The standard InChI is InChI=1S/C10H13NO4/c1-7-5-11-6-8(2)10(13)15-4-3-14-9(7)12/h5-7H,3-4H2,1-2H3. The van der Waals surface area contributed by atoms with E-state index in [1.807, 2.05) is 0 Å². The Morgan fingerprint density at radius 2 is 2.00 bits per heavy atom. The normalized spacial score (nSPS) is 23.6. The second-order valence-electron chi connectivity index (χ2n) is 3.20. The van der Waals surface area contributed by atoms with Crippen molar-refractivity contribution < 1.29 is 19.1 Å². The van der Waals surface area contributed by atoms with Gasteiger partial charge in [0.15, 0.2) is 0 Å². The van der Waals surface area contributed by atoms with Gasteiger partial charge in [-0.2, -0.15) is 0 Å². The van der Waals surface area contributed by atoms with E-state index < -0.39 is 11.9 Å². The van der Waals surface area contributed by atoms with Crippen LogP contribution in [0.15, 0.2) is 16.8 Å². The smallest absolute Gasteiger partial charge is 0.335 e. The van der Waals surface area contributed by atoms with Crippen molar-refractivity contribution >= 4 is 18.2 Å². The molecule has 0 fully saturated rings. The van der Waals surface area contributed by atoms with Gasteiger partial charge in [-0.05, 0) is 13.8 Å². The Bertz CT molecular complexity index is 319. The van der Waals surface area contributed by atoms with Crippen LogP contribution in [-0.4, -0.2) is 31.4 Å². The fraction of sp³-hybridized carbons (Fsp3) is 0.500. The van der Waals surface area contributed by atoms with Crippen molar-refractivity contribution in [3.63, 3.8) is 0 Å². The number of esters is 2. The molecule has 5 nitrogen and oxygen atoms in total. The van der Waals surface area contributed by atoms with Crippen LogP contribution < -0.4 is 0 Å². The van der Waals surface area contributed by atoms with E-state index in [0.717, 1.165) is 0 Å². The third-order valence-electron chi connectivity index (χ3n) is 1.83. The molecule has 0 N–H and O–H groups in total. The largest absolute Gasteiger partial charge is 0.462 e. The molecule has 0 aromatic rings. The van der Waals surface area contributed by atoms with E-state index in [-0.39, 0.29) is 19.2 Å². The zero-order chi connectivity index (χ0) is 11.3. The first kappa shape index (κ1) is 11.4. The lowest BCUT2D eigenvalue weighted by Gasteiger charge is -2.06. The summed E-state index contributed by atoms with van der Waals surface area (Å²) in [5.74, 6) is -1.23. The highest BCUT2D eigenvalue weighted by molar-refractivity contribution is 5.91. The van der Waals surface area contributed by atoms with Crippen molar-refractivity contribution in [1.82, 2.24) is 0 Å². The minimum Gasteiger partial charge on any atom is -0.462 e. The quantitative estimate of drug-likeness (QED) is 0.553. The number of ether oxygens (including phenoxy) is 2. The molecule has 1 aliphatic rings. The summed E-state index contributed by atoms with van der Waals surface area (Å²) < 4.78 is 9.65. The van der Waals surface area contributed by atoms with Crippen LogP contribution in [0.5, 0.6) is 0 Å². The molecule has 0 aromatic carbocycles. The minimum atomic E-state index is -0.447. The first-order valence-electron chi connectivity index (χ1n) is 4.65. The van der Waals surface area contributed by atoms with Gasteiger partial charge in [-0.15, -0.1) is 0 Å². The van der Waals surface area contributed by atoms with Crippen LogP contribution >= 0.6 is 0 Å². The number of cyclic esters (lactones) is 2. The van der Waals surface area contributed by atoms with Gasteiger partial charge in [-0.25, -0.2) is 4.79 Å². The molecule has 1 rings (SSSR count). The Morgan fingerprint density at radius 3 is 2.73 bits per heavy atom. The molecule has 5 heteroatoms. The average molecular weight is 211 g/mol. The molecule has 0 saturated heterocycles. The van der Waals surface area contributed by atoms with Gasteiger partial charge in [-0.3, -0.25) is 9.79 Å². The molecule has 0 spiro atoms. The maximum atomic E-state index is 11.2. The lowest BCUT2D eigenvalue weighted by atomic mass is 10.2. The number of hydrogen-bond acceptors (Lipinski definition) is 5. The van der Waals surface area contributed by atoms with Crippen molar-refractivity contribution in [3.05, 3.63) is 11.8 Å². The van der Waals surface area contributed by atoms with E-state index in [4.69, 9.17) is 9.47 Å². The van der Waals surface area contributed by atoms with E-state index in [9.17, 15) is 9.59 Å². The average Bonchev–Trinajstić information content (AvgIpc) is 2.23. The van der Waals surface area contributed by atoms with Crippen LogP contribution in [0.25, 0.3) is 0 Å². The van der Waals surface area contributed by atoms with Gasteiger partial charge < -0.3 is 9.47 Å². The van der Waals surface area contributed by atoms with Crippen molar-refractivity contribution in [1.29, 1.82) is 0 Å². The van der Waals surface area contributed by atoms with E-state index in [1.54, 1.807) is 13.8 Å². The number of hydrogen-bond donors (Lipinski definition) is 0. The van der Waals surface area contributed by atoms with Gasteiger partial charge in [0.05, 0.1) is 11.5 Å². The molecule has 0 radical (unpaired) electrons. The Labute approximate surface area is 87.8 Å². The Kier molecular flexibility index (Phi) is 4.03. The van der Waals surface area contributed by atoms with Gasteiger partial charge in [0, 0.05) is 12.4 Å². The summed E-state index contributed by atoms with van der Waals surface area (Å²) >= 11 is 0. The summed E-state index contributed by atoms with van der Waals surface area (Å²) in [7, 11) is 0. The summed E-state index contributed by atoms with van der Waals surface area (Å²) in [6, 6.07) is 0.